The van der Waals surface area contributed by atoms with Crippen LogP contribution in [-0.4, -0.2) is 20.1 Å². The molecule has 2 rings (SSSR count). The van der Waals surface area contributed by atoms with Gasteiger partial charge in [-0.25, -0.2) is 0 Å². The molecule has 1 N–H and O–H groups in total. The minimum Gasteiger partial charge on any atom is -0.497 e. The molecule has 0 unspecified atom stereocenters. The highest BCUT2D eigenvalue weighted by atomic mass is 79.9. The Balaban J connectivity index is 2.21. The molecular formula is C13H12BrNO4. The van der Waals surface area contributed by atoms with Crippen molar-refractivity contribution in [1.29, 1.82) is 0 Å². The topological polar surface area (TPSA) is 60.7 Å². The van der Waals surface area contributed by atoms with Crippen LogP contribution in [0.3, 0.4) is 0 Å². The van der Waals surface area contributed by atoms with Crippen LogP contribution in [0.15, 0.2) is 39.4 Å². The maximum absolute atomic E-state index is 11.9. The van der Waals surface area contributed by atoms with Crippen molar-refractivity contribution in [1.82, 2.24) is 0 Å². The Bertz CT molecular complexity index is 594. The van der Waals surface area contributed by atoms with Gasteiger partial charge in [-0.3, -0.25) is 4.79 Å². The van der Waals surface area contributed by atoms with E-state index in [1.165, 1.54) is 7.11 Å². The number of hydrogen-bond donors (Lipinski definition) is 1. The van der Waals surface area contributed by atoms with Gasteiger partial charge in [0.1, 0.15) is 11.5 Å². The van der Waals surface area contributed by atoms with Crippen LogP contribution in [0.5, 0.6) is 11.5 Å². The normalized spacial score (nSPS) is 10.1. The Kier molecular flexibility index (Phi) is 4.11. The maximum Gasteiger partial charge on any atom is 0.291 e. The van der Waals surface area contributed by atoms with E-state index in [2.05, 4.69) is 21.2 Å². The number of carbonyl (C=O) groups excluding carboxylic acids is 1. The largest absolute Gasteiger partial charge is 0.497 e. The van der Waals surface area contributed by atoms with Gasteiger partial charge in [-0.15, -0.1) is 0 Å². The number of benzene rings is 1. The number of halogens is 1. The average molecular weight is 326 g/mol. The number of nitrogens with one attached hydrogen (secondary N) is 1. The minimum absolute atomic E-state index is 0.213. The summed E-state index contributed by atoms with van der Waals surface area (Å²) in [6.45, 7) is 0. The highest BCUT2D eigenvalue weighted by Gasteiger charge is 2.13. The SMILES string of the molecule is COc1ccc(NC(=O)c2ccc(Br)o2)c(OC)c1. The van der Waals surface area contributed by atoms with E-state index in [-0.39, 0.29) is 11.7 Å². The zero-order valence-corrected chi connectivity index (χ0v) is 12.0. The Morgan fingerprint density at radius 3 is 2.58 bits per heavy atom. The monoisotopic (exact) mass is 325 g/mol. The van der Waals surface area contributed by atoms with Crippen molar-refractivity contribution in [3.8, 4) is 11.5 Å². The van der Waals surface area contributed by atoms with Crippen LogP contribution in [0.4, 0.5) is 5.69 Å². The Labute approximate surface area is 118 Å². The average Bonchev–Trinajstić information content (AvgIpc) is 2.86. The van der Waals surface area contributed by atoms with E-state index in [4.69, 9.17) is 13.9 Å². The number of ether oxygens (including phenoxy) is 2. The quantitative estimate of drug-likeness (QED) is 0.936. The van der Waals surface area contributed by atoms with Crippen LogP contribution in [0.1, 0.15) is 10.6 Å². The number of rotatable bonds is 4. The molecule has 0 atom stereocenters. The van der Waals surface area contributed by atoms with Crippen molar-refractivity contribution >= 4 is 27.5 Å². The van der Waals surface area contributed by atoms with Crippen LogP contribution >= 0.6 is 15.9 Å². The summed E-state index contributed by atoms with van der Waals surface area (Å²) in [5.41, 5.74) is 0.542. The zero-order chi connectivity index (χ0) is 13.8. The third-order valence-electron chi connectivity index (χ3n) is 2.45. The molecule has 19 heavy (non-hydrogen) atoms. The Hall–Kier alpha value is -1.95. The van der Waals surface area contributed by atoms with Crippen molar-refractivity contribution < 1.29 is 18.7 Å². The van der Waals surface area contributed by atoms with E-state index < -0.39 is 0 Å². The molecule has 0 saturated carbocycles. The van der Waals surface area contributed by atoms with Gasteiger partial charge in [0.2, 0.25) is 0 Å². The predicted octanol–water partition coefficient (Wildman–Crippen LogP) is 3.31. The molecular weight excluding hydrogens is 314 g/mol. The second kappa shape index (κ2) is 5.79. The molecule has 5 nitrogen and oxygen atoms in total. The summed E-state index contributed by atoms with van der Waals surface area (Å²) in [4.78, 5) is 11.9. The lowest BCUT2D eigenvalue weighted by Gasteiger charge is -2.10. The van der Waals surface area contributed by atoms with Crippen LogP contribution in [0, 0.1) is 0 Å². The maximum atomic E-state index is 11.9. The molecule has 0 aliphatic heterocycles. The van der Waals surface area contributed by atoms with Crippen molar-refractivity contribution in [3.63, 3.8) is 0 Å². The number of furan rings is 1. The molecule has 0 fully saturated rings. The predicted molar refractivity (Wildman–Crippen MR) is 73.9 cm³/mol. The minimum atomic E-state index is -0.353. The van der Waals surface area contributed by atoms with Crippen LogP contribution in [0.25, 0.3) is 0 Å². The Morgan fingerprint density at radius 1 is 1.21 bits per heavy atom. The number of amides is 1. The second-order valence-electron chi connectivity index (χ2n) is 3.62. The van der Waals surface area contributed by atoms with Crippen LogP contribution in [0.2, 0.25) is 0 Å². The summed E-state index contributed by atoms with van der Waals surface area (Å²) in [7, 11) is 3.08. The van der Waals surface area contributed by atoms with Crippen molar-refractivity contribution in [2.24, 2.45) is 0 Å². The van der Waals surface area contributed by atoms with E-state index in [0.29, 0.717) is 21.9 Å². The zero-order valence-electron chi connectivity index (χ0n) is 10.4. The highest BCUT2D eigenvalue weighted by Crippen LogP contribution is 2.29. The lowest BCUT2D eigenvalue weighted by atomic mass is 10.2. The van der Waals surface area contributed by atoms with Gasteiger partial charge in [0.15, 0.2) is 10.4 Å². The number of hydrogen-bond acceptors (Lipinski definition) is 4. The first-order valence-electron chi connectivity index (χ1n) is 5.42. The van der Waals surface area contributed by atoms with Gasteiger partial charge in [-0.2, -0.15) is 0 Å². The number of carbonyl (C=O) groups is 1. The molecule has 0 aliphatic rings. The standard InChI is InChI=1S/C13H12BrNO4/c1-17-8-3-4-9(11(7-8)18-2)15-13(16)10-5-6-12(14)19-10/h3-7H,1-2H3,(H,15,16). The van der Waals surface area contributed by atoms with Gasteiger partial charge in [0.25, 0.3) is 5.91 Å². The van der Waals surface area contributed by atoms with Crippen molar-refractivity contribution in [2.75, 3.05) is 19.5 Å². The van der Waals surface area contributed by atoms with Crippen LogP contribution in [-0.2, 0) is 0 Å². The molecule has 2 aromatic rings. The number of anilines is 1. The molecule has 0 saturated heterocycles. The van der Waals surface area contributed by atoms with Gasteiger partial charge in [-0.1, -0.05) is 0 Å². The highest BCUT2D eigenvalue weighted by molar-refractivity contribution is 9.10. The fourth-order valence-corrected chi connectivity index (χ4v) is 1.83. The molecule has 0 radical (unpaired) electrons. The summed E-state index contributed by atoms with van der Waals surface area (Å²) in [5.74, 6) is 1.02. The molecule has 1 heterocycles. The second-order valence-corrected chi connectivity index (χ2v) is 4.41. The van der Waals surface area contributed by atoms with Gasteiger partial charge in [0, 0.05) is 6.07 Å². The first-order valence-corrected chi connectivity index (χ1v) is 6.22. The molecule has 0 bridgehead atoms. The van der Waals surface area contributed by atoms with E-state index in [0.717, 1.165) is 0 Å². The molecule has 1 aromatic carbocycles. The Morgan fingerprint density at radius 2 is 2.00 bits per heavy atom. The summed E-state index contributed by atoms with van der Waals surface area (Å²) >= 11 is 3.14. The van der Waals surface area contributed by atoms with Gasteiger partial charge in [0.05, 0.1) is 19.9 Å². The molecule has 6 heteroatoms. The van der Waals surface area contributed by atoms with Gasteiger partial charge in [-0.05, 0) is 40.2 Å². The molecule has 100 valence electrons. The van der Waals surface area contributed by atoms with Crippen molar-refractivity contribution in [3.05, 3.63) is 40.8 Å². The molecule has 1 amide bonds. The number of methoxy groups -OCH3 is 2. The van der Waals surface area contributed by atoms with E-state index in [1.54, 1.807) is 37.4 Å². The smallest absolute Gasteiger partial charge is 0.291 e. The summed E-state index contributed by atoms with van der Waals surface area (Å²) < 4.78 is 16.0. The van der Waals surface area contributed by atoms with E-state index >= 15 is 0 Å². The fourth-order valence-electron chi connectivity index (χ4n) is 1.52. The fraction of sp³-hybridized carbons (Fsp3) is 0.154. The lowest BCUT2D eigenvalue weighted by Crippen LogP contribution is -2.11. The van der Waals surface area contributed by atoms with E-state index in [9.17, 15) is 4.79 Å². The molecule has 1 aromatic heterocycles. The first-order chi connectivity index (χ1) is 9.13. The molecule has 0 aliphatic carbocycles. The summed E-state index contributed by atoms with van der Waals surface area (Å²) in [6, 6.07) is 8.35. The van der Waals surface area contributed by atoms with E-state index in [1.807, 2.05) is 0 Å². The summed E-state index contributed by atoms with van der Waals surface area (Å²) in [5, 5.41) is 2.71. The van der Waals surface area contributed by atoms with Crippen molar-refractivity contribution in [2.45, 2.75) is 0 Å². The first kappa shape index (κ1) is 13.5. The van der Waals surface area contributed by atoms with Gasteiger partial charge < -0.3 is 19.2 Å². The third kappa shape index (κ3) is 3.08. The summed E-state index contributed by atoms with van der Waals surface area (Å²) in [6.07, 6.45) is 0. The van der Waals surface area contributed by atoms with Gasteiger partial charge >= 0.3 is 0 Å². The molecule has 0 spiro atoms. The third-order valence-corrected chi connectivity index (χ3v) is 2.88. The lowest BCUT2D eigenvalue weighted by molar-refractivity contribution is 0.0995. The van der Waals surface area contributed by atoms with Crippen LogP contribution < -0.4 is 14.8 Å².